The summed E-state index contributed by atoms with van der Waals surface area (Å²) in [6, 6.07) is 4.96. The van der Waals surface area contributed by atoms with Gasteiger partial charge in [-0.3, -0.25) is 9.97 Å². The van der Waals surface area contributed by atoms with Gasteiger partial charge in [0.25, 0.3) is 0 Å². The molecule has 0 amide bonds. The molecule has 6 heteroatoms. The van der Waals surface area contributed by atoms with Crippen LogP contribution in [0.15, 0.2) is 49.2 Å². The van der Waals surface area contributed by atoms with E-state index in [4.69, 9.17) is 5.73 Å². The second kappa shape index (κ2) is 4.49. The lowest BCUT2D eigenvalue weighted by Crippen LogP contribution is -1.94. The highest BCUT2D eigenvalue weighted by Crippen LogP contribution is 2.25. The molecule has 5 nitrogen and oxygen atoms in total. The molecule has 0 aliphatic rings. The van der Waals surface area contributed by atoms with Gasteiger partial charge in [0, 0.05) is 24.2 Å². The first-order chi connectivity index (χ1) is 9.24. The fourth-order valence-corrected chi connectivity index (χ4v) is 1.78. The normalized spacial score (nSPS) is 10.6. The van der Waals surface area contributed by atoms with Crippen LogP contribution in [0.3, 0.4) is 0 Å². The SMILES string of the molecule is Nc1cn(-c2ccncc2)nc1-c1cncc(F)c1. The van der Waals surface area contributed by atoms with Crippen molar-refractivity contribution >= 4 is 5.69 Å². The summed E-state index contributed by atoms with van der Waals surface area (Å²) < 4.78 is 14.8. The molecule has 0 saturated heterocycles. The summed E-state index contributed by atoms with van der Waals surface area (Å²) >= 11 is 0. The van der Waals surface area contributed by atoms with Gasteiger partial charge in [0.15, 0.2) is 0 Å². The van der Waals surface area contributed by atoms with Gasteiger partial charge in [-0.05, 0) is 18.2 Å². The van der Waals surface area contributed by atoms with Crippen LogP contribution in [0.5, 0.6) is 0 Å². The highest BCUT2D eigenvalue weighted by molar-refractivity contribution is 5.71. The van der Waals surface area contributed by atoms with Crippen molar-refractivity contribution in [2.45, 2.75) is 0 Å². The molecule has 0 aliphatic heterocycles. The van der Waals surface area contributed by atoms with Crippen LogP contribution in [0.1, 0.15) is 0 Å². The first-order valence-corrected chi connectivity index (χ1v) is 5.60. The van der Waals surface area contributed by atoms with Gasteiger partial charge < -0.3 is 5.73 Å². The van der Waals surface area contributed by atoms with Crippen molar-refractivity contribution in [3.05, 3.63) is 55.0 Å². The lowest BCUT2D eigenvalue weighted by molar-refractivity contribution is 0.622. The zero-order valence-electron chi connectivity index (χ0n) is 9.86. The maximum Gasteiger partial charge on any atom is 0.142 e. The average molecular weight is 255 g/mol. The summed E-state index contributed by atoms with van der Waals surface area (Å²) in [4.78, 5) is 7.73. The second-order valence-corrected chi connectivity index (χ2v) is 3.97. The molecule has 0 saturated carbocycles. The Labute approximate surface area is 108 Å². The lowest BCUT2D eigenvalue weighted by atomic mass is 10.2. The maximum absolute atomic E-state index is 13.2. The van der Waals surface area contributed by atoms with Crippen LogP contribution in [0.4, 0.5) is 10.1 Å². The standard InChI is InChI=1S/C13H10FN5/c14-10-5-9(6-17-7-10)13-12(15)8-19(18-13)11-1-3-16-4-2-11/h1-8H,15H2. The summed E-state index contributed by atoms with van der Waals surface area (Å²) in [5.41, 5.74) is 8.25. The van der Waals surface area contributed by atoms with Crippen LogP contribution in [0.2, 0.25) is 0 Å². The number of anilines is 1. The molecule has 0 unspecified atom stereocenters. The summed E-state index contributed by atoms with van der Waals surface area (Å²) in [6.07, 6.45) is 7.67. The number of aromatic nitrogens is 4. The van der Waals surface area contributed by atoms with Gasteiger partial charge in [0.1, 0.15) is 11.5 Å². The van der Waals surface area contributed by atoms with Crippen molar-refractivity contribution in [3.63, 3.8) is 0 Å². The van der Waals surface area contributed by atoms with Crippen molar-refractivity contribution in [2.24, 2.45) is 0 Å². The van der Waals surface area contributed by atoms with E-state index in [1.165, 1.54) is 12.3 Å². The molecule has 3 aromatic rings. The van der Waals surface area contributed by atoms with Crippen LogP contribution in [0.25, 0.3) is 16.9 Å². The number of halogens is 1. The third-order valence-corrected chi connectivity index (χ3v) is 2.65. The van der Waals surface area contributed by atoms with Crippen molar-refractivity contribution in [1.29, 1.82) is 0 Å². The molecule has 0 atom stereocenters. The topological polar surface area (TPSA) is 69.6 Å². The second-order valence-electron chi connectivity index (χ2n) is 3.97. The first kappa shape index (κ1) is 11.3. The number of nitrogen functional groups attached to an aromatic ring is 1. The smallest absolute Gasteiger partial charge is 0.142 e. The summed E-state index contributed by atoms with van der Waals surface area (Å²) in [6.45, 7) is 0. The van der Waals surface area contributed by atoms with Crippen LogP contribution in [-0.2, 0) is 0 Å². The minimum Gasteiger partial charge on any atom is -0.396 e. The molecule has 0 fully saturated rings. The Hall–Kier alpha value is -2.76. The van der Waals surface area contributed by atoms with E-state index >= 15 is 0 Å². The maximum atomic E-state index is 13.2. The molecule has 94 valence electrons. The summed E-state index contributed by atoms with van der Waals surface area (Å²) in [5, 5.41) is 4.35. The van der Waals surface area contributed by atoms with Gasteiger partial charge in [0.2, 0.25) is 0 Å². The third-order valence-electron chi connectivity index (χ3n) is 2.65. The lowest BCUT2D eigenvalue weighted by Gasteiger charge is -1.99. The number of pyridine rings is 2. The van der Waals surface area contributed by atoms with Crippen LogP contribution in [0, 0.1) is 5.82 Å². The number of hydrogen-bond acceptors (Lipinski definition) is 4. The number of nitrogens with two attached hydrogens (primary N) is 1. The monoisotopic (exact) mass is 255 g/mol. The van der Waals surface area contributed by atoms with Crippen molar-refractivity contribution < 1.29 is 4.39 Å². The quantitative estimate of drug-likeness (QED) is 0.760. The zero-order valence-corrected chi connectivity index (χ0v) is 9.86. The van der Waals surface area contributed by atoms with E-state index in [-0.39, 0.29) is 0 Å². The molecule has 0 bridgehead atoms. The van der Waals surface area contributed by atoms with Gasteiger partial charge in [0.05, 0.1) is 23.8 Å². The van der Waals surface area contributed by atoms with E-state index in [2.05, 4.69) is 15.1 Å². The minimum atomic E-state index is -0.421. The molecule has 19 heavy (non-hydrogen) atoms. The number of nitrogens with zero attached hydrogens (tertiary/aromatic N) is 4. The first-order valence-electron chi connectivity index (χ1n) is 5.60. The van der Waals surface area contributed by atoms with E-state index in [0.717, 1.165) is 11.9 Å². The molecule has 0 aliphatic carbocycles. The van der Waals surface area contributed by atoms with Crippen LogP contribution >= 0.6 is 0 Å². The Morgan fingerprint density at radius 1 is 1.11 bits per heavy atom. The predicted octanol–water partition coefficient (Wildman–Crippen LogP) is 2.05. The van der Waals surface area contributed by atoms with Gasteiger partial charge in [-0.1, -0.05) is 0 Å². The minimum absolute atomic E-state index is 0.421. The average Bonchev–Trinajstić information content (AvgIpc) is 2.82. The van der Waals surface area contributed by atoms with E-state index in [0.29, 0.717) is 16.9 Å². The molecule has 0 spiro atoms. The fourth-order valence-electron chi connectivity index (χ4n) is 1.78. The van der Waals surface area contributed by atoms with Gasteiger partial charge in [-0.25, -0.2) is 9.07 Å². The molecule has 0 aromatic carbocycles. The molecular weight excluding hydrogens is 245 g/mol. The Bertz CT molecular complexity index is 708. The van der Waals surface area contributed by atoms with Crippen molar-refractivity contribution in [2.75, 3.05) is 5.73 Å². The Balaban J connectivity index is 2.08. The Morgan fingerprint density at radius 2 is 1.89 bits per heavy atom. The van der Waals surface area contributed by atoms with Crippen LogP contribution < -0.4 is 5.73 Å². The highest BCUT2D eigenvalue weighted by Gasteiger charge is 2.10. The van der Waals surface area contributed by atoms with Gasteiger partial charge >= 0.3 is 0 Å². The fraction of sp³-hybridized carbons (Fsp3) is 0. The van der Waals surface area contributed by atoms with Gasteiger partial charge in [-0.15, -0.1) is 0 Å². The third kappa shape index (κ3) is 2.15. The number of hydrogen-bond donors (Lipinski definition) is 1. The molecular formula is C13H10FN5. The molecule has 2 N–H and O–H groups in total. The molecule has 0 radical (unpaired) electrons. The molecule has 3 rings (SSSR count). The number of rotatable bonds is 2. The summed E-state index contributed by atoms with van der Waals surface area (Å²) in [5.74, 6) is -0.421. The molecule has 3 heterocycles. The van der Waals surface area contributed by atoms with E-state index in [9.17, 15) is 4.39 Å². The Morgan fingerprint density at radius 3 is 2.63 bits per heavy atom. The van der Waals surface area contributed by atoms with Crippen molar-refractivity contribution in [1.82, 2.24) is 19.7 Å². The van der Waals surface area contributed by atoms with Crippen molar-refractivity contribution in [3.8, 4) is 16.9 Å². The van der Waals surface area contributed by atoms with Crippen LogP contribution in [-0.4, -0.2) is 19.7 Å². The van der Waals surface area contributed by atoms with E-state index in [1.54, 1.807) is 35.4 Å². The largest absolute Gasteiger partial charge is 0.396 e. The Kier molecular flexibility index (Phi) is 2.68. The zero-order chi connectivity index (χ0) is 13.2. The van der Waals surface area contributed by atoms with E-state index in [1.807, 2.05) is 0 Å². The molecule has 3 aromatic heterocycles. The summed E-state index contributed by atoms with van der Waals surface area (Å²) in [7, 11) is 0. The van der Waals surface area contributed by atoms with E-state index < -0.39 is 5.82 Å². The predicted molar refractivity (Wildman–Crippen MR) is 69.0 cm³/mol. The van der Waals surface area contributed by atoms with Gasteiger partial charge in [-0.2, -0.15) is 5.10 Å². The highest BCUT2D eigenvalue weighted by atomic mass is 19.1.